The average Bonchev–Trinajstić information content (AvgIpc) is 2.65. The molecule has 0 bridgehead atoms. The van der Waals surface area contributed by atoms with Crippen LogP contribution in [0.2, 0.25) is 0 Å². The van der Waals surface area contributed by atoms with Crippen molar-refractivity contribution in [3.63, 3.8) is 0 Å². The minimum atomic E-state index is 0.00774. The van der Waals surface area contributed by atoms with Crippen LogP contribution < -0.4 is 9.47 Å². The Hall–Kier alpha value is -3.07. The fourth-order valence-corrected chi connectivity index (χ4v) is 2.85. The number of methoxy groups -OCH3 is 1. The van der Waals surface area contributed by atoms with Gasteiger partial charge in [-0.2, -0.15) is 0 Å². The molecule has 0 heterocycles. The van der Waals surface area contributed by atoms with Crippen molar-refractivity contribution in [2.24, 2.45) is 0 Å². The molecule has 3 nitrogen and oxygen atoms in total. The molecule has 0 spiro atoms. The average molecular weight is 346 g/mol. The van der Waals surface area contributed by atoms with Gasteiger partial charge >= 0.3 is 0 Å². The second kappa shape index (κ2) is 7.44. The van der Waals surface area contributed by atoms with Gasteiger partial charge in [-0.1, -0.05) is 29.8 Å². The molecule has 0 N–H and O–H groups in total. The lowest BCUT2D eigenvalue weighted by molar-refractivity contribution is 0.103. The van der Waals surface area contributed by atoms with E-state index in [-0.39, 0.29) is 5.78 Å². The van der Waals surface area contributed by atoms with E-state index in [1.165, 1.54) is 0 Å². The van der Waals surface area contributed by atoms with Crippen molar-refractivity contribution < 1.29 is 14.3 Å². The lowest BCUT2D eigenvalue weighted by atomic mass is 10.0. The van der Waals surface area contributed by atoms with E-state index < -0.39 is 0 Å². The molecule has 0 amide bonds. The first-order chi connectivity index (χ1) is 12.5. The highest BCUT2D eigenvalue weighted by molar-refractivity contribution is 6.09. The molecule has 0 atom stereocenters. The Morgan fingerprint density at radius 3 is 1.73 bits per heavy atom. The van der Waals surface area contributed by atoms with Gasteiger partial charge in [0.2, 0.25) is 0 Å². The van der Waals surface area contributed by atoms with Gasteiger partial charge in [0.25, 0.3) is 0 Å². The minimum absolute atomic E-state index is 0.00774. The molecule has 0 aliphatic rings. The Kier molecular flexibility index (Phi) is 5.08. The zero-order valence-electron chi connectivity index (χ0n) is 15.5. The van der Waals surface area contributed by atoms with Crippen LogP contribution in [-0.4, -0.2) is 12.9 Å². The van der Waals surface area contributed by atoms with Gasteiger partial charge in [0.1, 0.15) is 17.2 Å². The van der Waals surface area contributed by atoms with Crippen molar-refractivity contribution in [3.8, 4) is 17.2 Å². The molecule has 0 saturated heterocycles. The predicted molar refractivity (Wildman–Crippen MR) is 104 cm³/mol. The fraction of sp³-hybridized carbons (Fsp3) is 0.174. The molecule has 0 unspecified atom stereocenters. The molecule has 132 valence electrons. The van der Waals surface area contributed by atoms with Gasteiger partial charge in [0.15, 0.2) is 5.78 Å². The van der Waals surface area contributed by atoms with E-state index >= 15 is 0 Å². The third kappa shape index (κ3) is 3.77. The zero-order valence-corrected chi connectivity index (χ0v) is 15.5. The molecule has 3 rings (SSSR count). The maximum absolute atomic E-state index is 12.6. The van der Waals surface area contributed by atoms with E-state index in [4.69, 9.17) is 9.47 Å². The summed E-state index contributed by atoms with van der Waals surface area (Å²) in [4.78, 5) is 12.6. The van der Waals surface area contributed by atoms with Crippen LogP contribution in [0.25, 0.3) is 0 Å². The summed E-state index contributed by atoms with van der Waals surface area (Å²) in [7, 11) is 1.65. The highest BCUT2D eigenvalue weighted by atomic mass is 16.5. The van der Waals surface area contributed by atoms with Crippen LogP contribution in [-0.2, 0) is 0 Å². The number of rotatable bonds is 5. The van der Waals surface area contributed by atoms with E-state index in [1.54, 1.807) is 19.2 Å². The topological polar surface area (TPSA) is 35.5 Å². The van der Waals surface area contributed by atoms with E-state index in [2.05, 4.69) is 0 Å². The van der Waals surface area contributed by atoms with E-state index in [1.807, 2.05) is 69.3 Å². The van der Waals surface area contributed by atoms with Crippen LogP contribution >= 0.6 is 0 Å². The molecule has 26 heavy (non-hydrogen) atoms. The maximum Gasteiger partial charge on any atom is 0.193 e. The SMILES string of the molecule is COc1cc(C)c(Oc2ccc(C(=O)c3ccc(C)cc3)cc2)c(C)c1. The van der Waals surface area contributed by atoms with Gasteiger partial charge in [-0.25, -0.2) is 0 Å². The predicted octanol–water partition coefficient (Wildman–Crippen LogP) is 5.64. The molecule has 0 aromatic heterocycles. The van der Waals surface area contributed by atoms with Crippen LogP contribution in [0.3, 0.4) is 0 Å². The lowest BCUT2D eigenvalue weighted by Crippen LogP contribution is -2.01. The first-order valence-electron chi connectivity index (χ1n) is 8.52. The van der Waals surface area contributed by atoms with Crippen molar-refractivity contribution in [2.75, 3.05) is 7.11 Å². The number of ether oxygens (including phenoxy) is 2. The van der Waals surface area contributed by atoms with Crippen LogP contribution in [0.5, 0.6) is 17.2 Å². The van der Waals surface area contributed by atoms with Gasteiger partial charge in [-0.3, -0.25) is 4.79 Å². The Balaban J connectivity index is 1.80. The van der Waals surface area contributed by atoms with Gasteiger partial charge in [0, 0.05) is 11.1 Å². The number of carbonyl (C=O) groups excluding carboxylic acids is 1. The molecule has 3 aromatic carbocycles. The quantitative estimate of drug-likeness (QED) is 0.561. The summed E-state index contributed by atoms with van der Waals surface area (Å²) < 4.78 is 11.3. The third-order valence-electron chi connectivity index (χ3n) is 4.32. The Morgan fingerprint density at radius 1 is 0.731 bits per heavy atom. The van der Waals surface area contributed by atoms with Crippen LogP contribution in [0.1, 0.15) is 32.6 Å². The molecule has 0 saturated carbocycles. The van der Waals surface area contributed by atoms with E-state index in [9.17, 15) is 4.79 Å². The molecule has 0 radical (unpaired) electrons. The molecule has 0 aliphatic heterocycles. The number of aryl methyl sites for hydroxylation is 3. The second-order valence-corrected chi connectivity index (χ2v) is 6.41. The summed E-state index contributed by atoms with van der Waals surface area (Å²) in [5.74, 6) is 2.32. The van der Waals surface area contributed by atoms with Gasteiger partial charge in [0.05, 0.1) is 7.11 Å². The summed E-state index contributed by atoms with van der Waals surface area (Å²) in [6.45, 7) is 5.98. The van der Waals surface area contributed by atoms with Gasteiger partial charge in [-0.05, 0) is 68.3 Å². The summed E-state index contributed by atoms with van der Waals surface area (Å²) in [6.07, 6.45) is 0. The van der Waals surface area contributed by atoms with E-state index in [0.717, 1.165) is 28.2 Å². The number of carbonyl (C=O) groups is 1. The summed E-state index contributed by atoms with van der Waals surface area (Å²) in [5, 5.41) is 0. The second-order valence-electron chi connectivity index (χ2n) is 6.41. The molecule has 3 aromatic rings. The molecular formula is C23H22O3. The summed E-state index contributed by atoms with van der Waals surface area (Å²) in [5.41, 5.74) is 4.47. The Labute approximate surface area is 154 Å². The van der Waals surface area contributed by atoms with Crippen molar-refractivity contribution in [1.82, 2.24) is 0 Å². The summed E-state index contributed by atoms with van der Waals surface area (Å²) >= 11 is 0. The highest BCUT2D eigenvalue weighted by Crippen LogP contribution is 2.32. The van der Waals surface area contributed by atoms with Crippen molar-refractivity contribution in [3.05, 3.63) is 88.5 Å². The van der Waals surface area contributed by atoms with Crippen molar-refractivity contribution >= 4 is 5.78 Å². The number of hydrogen-bond acceptors (Lipinski definition) is 3. The fourth-order valence-electron chi connectivity index (χ4n) is 2.85. The number of benzene rings is 3. The zero-order chi connectivity index (χ0) is 18.7. The van der Waals surface area contributed by atoms with Crippen LogP contribution in [0.4, 0.5) is 0 Å². The van der Waals surface area contributed by atoms with Crippen LogP contribution in [0.15, 0.2) is 60.7 Å². The normalized spacial score (nSPS) is 10.5. The number of ketones is 1. The number of hydrogen-bond donors (Lipinski definition) is 0. The monoisotopic (exact) mass is 346 g/mol. The smallest absolute Gasteiger partial charge is 0.193 e. The third-order valence-corrected chi connectivity index (χ3v) is 4.32. The minimum Gasteiger partial charge on any atom is -0.497 e. The largest absolute Gasteiger partial charge is 0.497 e. The standard InChI is InChI=1S/C23H22O3/c1-15-5-7-18(8-6-15)22(24)19-9-11-20(12-10-19)26-23-16(2)13-21(25-4)14-17(23)3/h5-14H,1-4H3. The lowest BCUT2D eigenvalue weighted by Gasteiger charge is -2.13. The van der Waals surface area contributed by atoms with Crippen molar-refractivity contribution in [1.29, 1.82) is 0 Å². The van der Waals surface area contributed by atoms with Gasteiger partial charge in [-0.15, -0.1) is 0 Å². The van der Waals surface area contributed by atoms with Crippen LogP contribution in [0, 0.1) is 20.8 Å². The first kappa shape index (κ1) is 17.7. The molecule has 0 aliphatic carbocycles. The highest BCUT2D eigenvalue weighted by Gasteiger charge is 2.11. The summed E-state index contributed by atoms with van der Waals surface area (Å²) in [6, 6.07) is 18.7. The van der Waals surface area contributed by atoms with Crippen molar-refractivity contribution in [2.45, 2.75) is 20.8 Å². The molecular weight excluding hydrogens is 324 g/mol. The molecule has 3 heteroatoms. The van der Waals surface area contributed by atoms with Gasteiger partial charge < -0.3 is 9.47 Å². The Morgan fingerprint density at radius 2 is 1.23 bits per heavy atom. The Bertz CT molecular complexity index is 900. The van der Waals surface area contributed by atoms with E-state index in [0.29, 0.717) is 16.9 Å². The maximum atomic E-state index is 12.6. The molecule has 0 fully saturated rings. The first-order valence-corrected chi connectivity index (χ1v) is 8.52.